The fraction of sp³-hybridized carbons (Fsp3) is 0.115. The third-order valence-electron chi connectivity index (χ3n) is 5.89. The van der Waals surface area contributed by atoms with Gasteiger partial charge in [0.2, 0.25) is 0 Å². The summed E-state index contributed by atoms with van der Waals surface area (Å²) in [5.41, 5.74) is 1.83. The first-order valence-electron chi connectivity index (χ1n) is 10.7. The van der Waals surface area contributed by atoms with E-state index in [1.807, 2.05) is 60.7 Å². The number of hydrogen-bond donors (Lipinski definition) is 1. The molecule has 0 bridgehead atoms. The minimum absolute atomic E-state index is 0.233. The van der Waals surface area contributed by atoms with E-state index >= 15 is 0 Å². The van der Waals surface area contributed by atoms with Gasteiger partial charge in [0, 0.05) is 6.20 Å². The van der Waals surface area contributed by atoms with Gasteiger partial charge < -0.3 is 9.47 Å². The van der Waals surface area contributed by atoms with Crippen LogP contribution in [0.25, 0.3) is 32.9 Å². The van der Waals surface area contributed by atoms with Crippen LogP contribution in [0.5, 0.6) is 11.5 Å². The predicted octanol–water partition coefficient (Wildman–Crippen LogP) is 3.72. The van der Waals surface area contributed by atoms with E-state index in [0.29, 0.717) is 35.7 Å². The van der Waals surface area contributed by atoms with Crippen molar-refractivity contribution in [3.8, 4) is 22.6 Å². The molecular formula is C26H19N3O4. The Bertz CT molecular complexity index is 1650. The van der Waals surface area contributed by atoms with Gasteiger partial charge in [-0.2, -0.15) is 0 Å². The number of benzene rings is 3. The van der Waals surface area contributed by atoms with Crippen LogP contribution in [-0.4, -0.2) is 27.7 Å². The highest BCUT2D eigenvalue weighted by Gasteiger charge is 2.16. The molecule has 3 aromatic carbocycles. The molecular weight excluding hydrogens is 418 g/mol. The van der Waals surface area contributed by atoms with E-state index in [1.54, 1.807) is 12.3 Å². The lowest BCUT2D eigenvalue weighted by Crippen LogP contribution is -2.31. The standard InChI is InChI=1S/C26H19N3O4/c30-25-23-20(19-7-6-17-3-1-2-4-18(17)14-19)9-10-27-24(23)29(26(31)28-25)15-16-5-8-21-22(13-16)33-12-11-32-21/h1-10,13-14H,11-12,15H2,(H,28,30,31). The van der Waals surface area contributed by atoms with Gasteiger partial charge in [-0.3, -0.25) is 14.3 Å². The van der Waals surface area contributed by atoms with Crippen molar-refractivity contribution in [3.05, 3.63) is 99.3 Å². The number of H-pyrrole nitrogens is 1. The number of aromatic nitrogens is 3. The summed E-state index contributed by atoms with van der Waals surface area (Å²) in [4.78, 5) is 32.6. The molecule has 5 aromatic rings. The number of fused-ring (bicyclic) bond motifs is 3. The maximum atomic E-state index is 12.9. The zero-order valence-corrected chi connectivity index (χ0v) is 17.6. The Morgan fingerprint density at radius 1 is 0.879 bits per heavy atom. The fourth-order valence-corrected chi connectivity index (χ4v) is 4.32. The monoisotopic (exact) mass is 437 g/mol. The van der Waals surface area contributed by atoms with Gasteiger partial charge in [0.05, 0.1) is 11.9 Å². The first-order valence-corrected chi connectivity index (χ1v) is 10.7. The molecule has 33 heavy (non-hydrogen) atoms. The van der Waals surface area contributed by atoms with Crippen LogP contribution in [0, 0.1) is 0 Å². The molecule has 0 fully saturated rings. The average molecular weight is 437 g/mol. The lowest BCUT2D eigenvalue weighted by Gasteiger charge is -2.19. The molecule has 6 rings (SSSR count). The van der Waals surface area contributed by atoms with Crippen molar-refractivity contribution < 1.29 is 9.47 Å². The third kappa shape index (κ3) is 3.34. The summed E-state index contributed by atoms with van der Waals surface area (Å²) in [6, 6.07) is 21.5. The normalized spacial score (nSPS) is 12.8. The summed E-state index contributed by atoms with van der Waals surface area (Å²) < 4.78 is 12.7. The number of aromatic amines is 1. The van der Waals surface area contributed by atoms with Crippen molar-refractivity contribution in [3.63, 3.8) is 0 Å². The molecule has 0 radical (unpaired) electrons. The fourth-order valence-electron chi connectivity index (χ4n) is 4.32. The highest BCUT2D eigenvalue weighted by molar-refractivity contribution is 5.95. The first kappa shape index (κ1) is 19.3. The Morgan fingerprint density at radius 3 is 2.58 bits per heavy atom. The second kappa shape index (κ2) is 7.63. The second-order valence-electron chi connectivity index (χ2n) is 7.94. The van der Waals surface area contributed by atoms with Gasteiger partial charge in [0.1, 0.15) is 18.9 Å². The maximum Gasteiger partial charge on any atom is 0.330 e. The van der Waals surface area contributed by atoms with Gasteiger partial charge in [-0.05, 0) is 51.7 Å². The first-order chi connectivity index (χ1) is 16.2. The minimum atomic E-state index is -0.509. The molecule has 2 aromatic heterocycles. The van der Waals surface area contributed by atoms with E-state index in [4.69, 9.17) is 9.47 Å². The molecule has 0 saturated heterocycles. The lowest BCUT2D eigenvalue weighted by atomic mass is 10.00. The summed E-state index contributed by atoms with van der Waals surface area (Å²) in [7, 11) is 0. The van der Waals surface area contributed by atoms with Crippen LogP contribution >= 0.6 is 0 Å². The van der Waals surface area contributed by atoms with Gasteiger partial charge in [0.25, 0.3) is 5.56 Å². The Labute approximate surface area is 187 Å². The van der Waals surface area contributed by atoms with E-state index in [1.165, 1.54) is 4.57 Å². The molecule has 0 aliphatic carbocycles. The number of nitrogens with one attached hydrogen (secondary N) is 1. The smallest absolute Gasteiger partial charge is 0.330 e. The van der Waals surface area contributed by atoms with Crippen LogP contribution in [0.3, 0.4) is 0 Å². The van der Waals surface area contributed by atoms with Crippen LogP contribution < -0.4 is 20.7 Å². The quantitative estimate of drug-likeness (QED) is 0.465. The number of rotatable bonds is 3. The number of pyridine rings is 1. The number of ether oxygens (including phenoxy) is 2. The SMILES string of the molecule is O=c1[nH]c(=O)n(Cc2ccc3c(c2)OCCO3)c2nccc(-c3ccc4ccccc4c3)c12. The molecule has 7 nitrogen and oxygen atoms in total. The van der Waals surface area contributed by atoms with Gasteiger partial charge in [-0.1, -0.05) is 42.5 Å². The number of hydrogen-bond acceptors (Lipinski definition) is 5. The van der Waals surface area contributed by atoms with Crippen LogP contribution in [0.2, 0.25) is 0 Å². The van der Waals surface area contributed by atoms with Gasteiger partial charge in [-0.25, -0.2) is 9.78 Å². The molecule has 1 aliphatic rings. The predicted molar refractivity (Wildman–Crippen MR) is 126 cm³/mol. The van der Waals surface area contributed by atoms with Crippen molar-refractivity contribution in [2.45, 2.75) is 6.54 Å². The number of nitrogens with zero attached hydrogens (tertiary/aromatic N) is 2. The Hall–Kier alpha value is -4.39. The zero-order valence-electron chi connectivity index (χ0n) is 17.6. The van der Waals surface area contributed by atoms with Crippen LogP contribution in [0.15, 0.2) is 82.5 Å². The zero-order chi connectivity index (χ0) is 22.4. The molecule has 7 heteroatoms. The highest BCUT2D eigenvalue weighted by Crippen LogP contribution is 2.31. The van der Waals surface area contributed by atoms with Crippen molar-refractivity contribution in [2.24, 2.45) is 0 Å². The lowest BCUT2D eigenvalue weighted by molar-refractivity contribution is 0.171. The molecule has 3 heterocycles. The van der Waals surface area contributed by atoms with E-state index in [2.05, 4.69) is 9.97 Å². The average Bonchev–Trinajstić information content (AvgIpc) is 2.85. The van der Waals surface area contributed by atoms with Crippen molar-refractivity contribution >= 4 is 21.8 Å². The molecule has 0 spiro atoms. The Kier molecular flexibility index (Phi) is 4.47. The highest BCUT2D eigenvalue weighted by atomic mass is 16.6. The summed E-state index contributed by atoms with van der Waals surface area (Å²) in [5, 5.41) is 2.56. The van der Waals surface area contributed by atoms with E-state index in [0.717, 1.165) is 27.5 Å². The van der Waals surface area contributed by atoms with Crippen molar-refractivity contribution in [1.29, 1.82) is 0 Å². The summed E-state index contributed by atoms with van der Waals surface area (Å²) in [5.74, 6) is 1.32. The molecule has 0 saturated carbocycles. The maximum absolute atomic E-state index is 12.9. The molecule has 1 N–H and O–H groups in total. The molecule has 162 valence electrons. The summed E-state index contributed by atoms with van der Waals surface area (Å²) >= 11 is 0. The van der Waals surface area contributed by atoms with Crippen LogP contribution in [-0.2, 0) is 6.54 Å². The topological polar surface area (TPSA) is 86.2 Å². The largest absolute Gasteiger partial charge is 0.486 e. The van der Waals surface area contributed by atoms with E-state index < -0.39 is 11.2 Å². The van der Waals surface area contributed by atoms with Crippen LogP contribution in [0.1, 0.15) is 5.56 Å². The summed E-state index contributed by atoms with van der Waals surface area (Å²) in [6.45, 7) is 1.23. The molecule has 0 amide bonds. The van der Waals surface area contributed by atoms with E-state index in [9.17, 15) is 9.59 Å². The summed E-state index contributed by atoms with van der Waals surface area (Å²) in [6.07, 6.45) is 1.63. The van der Waals surface area contributed by atoms with Crippen molar-refractivity contribution in [1.82, 2.24) is 14.5 Å². The van der Waals surface area contributed by atoms with Crippen LogP contribution in [0.4, 0.5) is 0 Å². The molecule has 1 aliphatic heterocycles. The Balaban J connectivity index is 1.51. The van der Waals surface area contributed by atoms with Gasteiger partial charge in [0.15, 0.2) is 11.5 Å². The Morgan fingerprint density at radius 2 is 1.70 bits per heavy atom. The van der Waals surface area contributed by atoms with Crippen molar-refractivity contribution in [2.75, 3.05) is 13.2 Å². The molecule has 0 atom stereocenters. The minimum Gasteiger partial charge on any atom is -0.486 e. The van der Waals surface area contributed by atoms with E-state index in [-0.39, 0.29) is 6.54 Å². The molecule has 0 unspecified atom stereocenters. The second-order valence-corrected chi connectivity index (χ2v) is 7.94. The third-order valence-corrected chi connectivity index (χ3v) is 5.89. The van der Waals surface area contributed by atoms with Gasteiger partial charge >= 0.3 is 5.69 Å². The van der Waals surface area contributed by atoms with Gasteiger partial charge in [-0.15, -0.1) is 0 Å².